The van der Waals surface area contributed by atoms with Crippen LogP contribution in [0, 0.1) is 0 Å². The Bertz CT molecular complexity index is 626. The van der Waals surface area contributed by atoms with Gasteiger partial charge in [0.25, 0.3) is 0 Å². The van der Waals surface area contributed by atoms with Crippen LogP contribution in [0.4, 0.5) is 5.82 Å². The predicted molar refractivity (Wildman–Crippen MR) is 91.8 cm³/mol. The maximum atomic E-state index is 9.47. The van der Waals surface area contributed by atoms with Gasteiger partial charge in [-0.25, -0.2) is 4.98 Å². The molecule has 0 aliphatic carbocycles. The second-order valence-electron chi connectivity index (χ2n) is 6.24. The van der Waals surface area contributed by atoms with E-state index in [9.17, 15) is 5.11 Å². The van der Waals surface area contributed by atoms with Gasteiger partial charge in [0, 0.05) is 37.0 Å². The number of rotatable bonds is 7. The molecule has 0 aromatic carbocycles. The highest BCUT2D eigenvalue weighted by Gasteiger charge is 2.20. The molecule has 0 bridgehead atoms. The van der Waals surface area contributed by atoms with Gasteiger partial charge in [0.2, 0.25) is 0 Å². The van der Waals surface area contributed by atoms with Crippen molar-refractivity contribution in [3.05, 3.63) is 24.0 Å². The molecule has 0 radical (unpaired) electrons. The van der Waals surface area contributed by atoms with Gasteiger partial charge in [0.15, 0.2) is 5.65 Å². The summed E-state index contributed by atoms with van der Waals surface area (Å²) in [5.41, 5.74) is 1.97. The molecule has 1 saturated heterocycles. The second-order valence-corrected chi connectivity index (χ2v) is 6.24. The minimum absolute atomic E-state index is 0.283. The van der Waals surface area contributed by atoms with Crippen LogP contribution in [-0.2, 0) is 6.42 Å². The molecule has 6 nitrogen and oxygen atoms in total. The maximum Gasteiger partial charge on any atom is 0.157 e. The summed E-state index contributed by atoms with van der Waals surface area (Å²) in [6.45, 7) is 5.45. The van der Waals surface area contributed by atoms with Crippen LogP contribution in [0.5, 0.6) is 0 Å². The first-order chi connectivity index (χ1) is 11.3. The van der Waals surface area contributed by atoms with Gasteiger partial charge >= 0.3 is 0 Å². The van der Waals surface area contributed by atoms with E-state index in [2.05, 4.69) is 33.3 Å². The fourth-order valence-corrected chi connectivity index (χ4v) is 3.33. The average molecular weight is 317 g/mol. The summed E-state index contributed by atoms with van der Waals surface area (Å²) in [6.07, 6.45) is 7.38. The normalized spacial score (nSPS) is 19.3. The van der Waals surface area contributed by atoms with E-state index in [1.807, 2.05) is 10.6 Å². The average Bonchev–Trinajstić information content (AvgIpc) is 3.07. The molecule has 2 aromatic rings. The number of likely N-dealkylation sites (tertiary alicyclic amines) is 1. The summed E-state index contributed by atoms with van der Waals surface area (Å²) in [5.74, 6) is 1.01. The molecule has 1 aliphatic rings. The number of piperidine rings is 1. The van der Waals surface area contributed by atoms with E-state index in [4.69, 9.17) is 0 Å². The number of aromatic nitrogens is 3. The number of aliphatic hydroxyl groups is 1. The first kappa shape index (κ1) is 16.2. The second kappa shape index (κ2) is 7.75. The number of fused-ring (bicyclic) bond motifs is 1. The largest absolute Gasteiger partial charge is 0.395 e. The molecule has 0 spiro atoms. The third kappa shape index (κ3) is 3.82. The summed E-state index contributed by atoms with van der Waals surface area (Å²) >= 11 is 0. The molecule has 1 unspecified atom stereocenters. The number of anilines is 1. The Morgan fingerprint density at radius 3 is 3.13 bits per heavy atom. The number of nitrogens with zero attached hydrogens (tertiary/aromatic N) is 4. The van der Waals surface area contributed by atoms with Crippen molar-refractivity contribution >= 4 is 11.5 Å². The SMILES string of the molecule is CCc1cc(NCCCN2CCCCC2CO)n2nccc2n1. The van der Waals surface area contributed by atoms with E-state index in [-0.39, 0.29) is 6.61 Å². The summed E-state index contributed by atoms with van der Waals surface area (Å²) in [7, 11) is 0. The summed E-state index contributed by atoms with van der Waals surface area (Å²) < 4.78 is 1.86. The van der Waals surface area contributed by atoms with E-state index in [0.29, 0.717) is 6.04 Å². The lowest BCUT2D eigenvalue weighted by molar-refractivity contribution is 0.0901. The lowest BCUT2D eigenvalue weighted by atomic mass is 10.0. The highest BCUT2D eigenvalue weighted by molar-refractivity contribution is 5.49. The van der Waals surface area contributed by atoms with Gasteiger partial charge in [-0.1, -0.05) is 13.3 Å². The van der Waals surface area contributed by atoms with Crippen LogP contribution in [0.1, 0.15) is 38.3 Å². The third-order valence-corrected chi connectivity index (χ3v) is 4.66. The van der Waals surface area contributed by atoms with Gasteiger partial charge in [-0.15, -0.1) is 0 Å². The number of hydrogen-bond donors (Lipinski definition) is 2. The molecule has 6 heteroatoms. The van der Waals surface area contributed by atoms with Crippen molar-refractivity contribution in [2.24, 2.45) is 0 Å². The van der Waals surface area contributed by atoms with Crippen molar-refractivity contribution in [1.82, 2.24) is 19.5 Å². The van der Waals surface area contributed by atoms with Crippen molar-refractivity contribution in [3.63, 3.8) is 0 Å². The molecule has 2 N–H and O–H groups in total. The lowest BCUT2D eigenvalue weighted by Crippen LogP contribution is -2.42. The van der Waals surface area contributed by atoms with Crippen LogP contribution in [0.2, 0.25) is 0 Å². The van der Waals surface area contributed by atoms with Gasteiger partial charge in [0.1, 0.15) is 5.82 Å². The molecule has 3 heterocycles. The van der Waals surface area contributed by atoms with Crippen LogP contribution < -0.4 is 5.32 Å². The molecule has 1 atom stereocenters. The molecule has 0 amide bonds. The zero-order valence-corrected chi connectivity index (χ0v) is 13.9. The topological polar surface area (TPSA) is 65.7 Å². The first-order valence-electron chi connectivity index (χ1n) is 8.74. The molecule has 3 rings (SSSR count). The standard InChI is InChI=1S/C17H27N5O/c1-2-14-12-17(22-16(20-14)7-9-19-22)18-8-5-11-21-10-4-3-6-15(21)13-23/h7,9,12,15,18,23H,2-6,8,10-11,13H2,1H3. The Balaban J connectivity index is 1.55. The van der Waals surface area contributed by atoms with Gasteiger partial charge in [-0.2, -0.15) is 9.61 Å². The monoisotopic (exact) mass is 317 g/mol. The van der Waals surface area contributed by atoms with Crippen LogP contribution in [0.25, 0.3) is 5.65 Å². The molecule has 1 fully saturated rings. The molecule has 1 aliphatic heterocycles. The predicted octanol–water partition coefficient (Wildman–Crippen LogP) is 1.94. The van der Waals surface area contributed by atoms with Crippen molar-refractivity contribution in [2.75, 3.05) is 31.6 Å². The van der Waals surface area contributed by atoms with Crippen molar-refractivity contribution in [1.29, 1.82) is 0 Å². The third-order valence-electron chi connectivity index (χ3n) is 4.66. The highest BCUT2D eigenvalue weighted by atomic mass is 16.3. The van der Waals surface area contributed by atoms with Gasteiger partial charge in [-0.05, 0) is 32.2 Å². The lowest BCUT2D eigenvalue weighted by Gasteiger charge is -2.34. The van der Waals surface area contributed by atoms with E-state index < -0.39 is 0 Å². The first-order valence-corrected chi connectivity index (χ1v) is 8.74. The molecule has 0 saturated carbocycles. The van der Waals surface area contributed by atoms with Crippen molar-refractivity contribution < 1.29 is 5.11 Å². The van der Waals surface area contributed by atoms with Crippen molar-refractivity contribution in [2.45, 2.75) is 45.1 Å². The number of hydrogen-bond acceptors (Lipinski definition) is 5. The summed E-state index contributed by atoms with van der Waals surface area (Å²) in [5, 5.41) is 17.3. The van der Waals surface area contributed by atoms with Crippen LogP contribution in [0.15, 0.2) is 18.3 Å². The molecule has 23 heavy (non-hydrogen) atoms. The molecule has 126 valence electrons. The Hall–Kier alpha value is -1.66. The zero-order valence-electron chi connectivity index (χ0n) is 13.9. The maximum absolute atomic E-state index is 9.47. The van der Waals surface area contributed by atoms with Crippen LogP contribution in [0.3, 0.4) is 0 Å². The van der Waals surface area contributed by atoms with Gasteiger partial charge < -0.3 is 10.4 Å². The Morgan fingerprint density at radius 1 is 1.39 bits per heavy atom. The molecular weight excluding hydrogens is 290 g/mol. The zero-order chi connectivity index (χ0) is 16.1. The fraction of sp³-hybridized carbons (Fsp3) is 0.647. The fourth-order valence-electron chi connectivity index (χ4n) is 3.33. The summed E-state index contributed by atoms with van der Waals surface area (Å²) in [4.78, 5) is 6.99. The summed E-state index contributed by atoms with van der Waals surface area (Å²) in [6, 6.07) is 4.37. The van der Waals surface area contributed by atoms with E-state index in [0.717, 1.165) is 56.1 Å². The smallest absolute Gasteiger partial charge is 0.157 e. The van der Waals surface area contributed by atoms with Gasteiger partial charge in [0.05, 0.1) is 12.8 Å². The molecule has 2 aromatic heterocycles. The van der Waals surface area contributed by atoms with Crippen molar-refractivity contribution in [3.8, 4) is 0 Å². The number of nitrogens with one attached hydrogen (secondary N) is 1. The highest BCUT2D eigenvalue weighted by Crippen LogP contribution is 2.17. The van der Waals surface area contributed by atoms with Crippen LogP contribution >= 0.6 is 0 Å². The minimum Gasteiger partial charge on any atom is -0.395 e. The Morgan fingerprint density at radius 2 is 2.30 bits per heavy atom. The van der Waals surface area contributed by atoms with Gasteiger partial charge in [-0.3, -0.25) is 4.90 Å². The van der Waals surface area contributed by atoms with E-state index in [1.165, 1.54) is 12.8 Å². The van der Waals surface area contributed by atoms with E-state index >= 15 is 0 Å². The Labute approximate surface area is 137 Å². The quantitative estimate of drug-likeness (QED) is 0.764. The molecular formula is C17H27N5O. The number of aliphatic hydroxyl groups excluding tert-OH is 1. The van der Waals surface area contributed by atoms with Crippen LogP contribution in [-0.4, -0.2) is 56.9 Å². The number of aryl methyl sites for hydroxylation is 1. The van der Waals surface area contributed by atoms with E-state index in [1.54, 1.807) is 6.20 Å². The minimum atomic E-state index is 0.283. The Kier molecular flexibility index (Phi) is 5.46.